The first-order valence-corrected chi connectivity index (χ1v) is 6.29. The maximum absolute atomic E-state index is 13.5. The highest BCUT2D eigenvalue weighted by atomic mass is 19.1. The molecule has 0 bridgehead atoms. The summed E-state index contributed by atoms with van der Waals surface area (Å²) in [6.07, 6.45) is 4.20. The van der Waals surface area contributed by atoms with Gasteiger partial charge in [0.25, 0.3) is 5.91 Å². The van der Waals surface area contributed by atoms with E-state index in [1.54, 1.807) is 6.92 Å². The van der Waals surface area contributed by atoms with Crippen LogP contribution in [0.15, 0.2) is 12.1 Å². The highest BCUT2D eigenvalue weighted by molar-refractivity contribution is 5.95. The number of hydrogen-bond donors (Lipinski definition) is 2. The van der Waals surface area contributed by atoms with Gasteiger partial charge in [0.2, 0.25) is 0 Å². The molecule has 3 N–H and O–H groups in total. The lowest BCUT2D eigenvalue weighted by Crippen LogP contribution is -2.43. The fraction of sp³-hybridized carbons (Fsp3) is 0.500. The smallest absolute Gasteiger partial charge is 0.251 e. The molecule has 1 aliphatic rings. The van der Waals surface area contributed by atoms with E-state index in [1.165, 1.54) is 12.1 Å². The topological polar surface area (TPSA) is 55.1 Å². The van der Waals surface area contributed by atoms with Crippen molar-refractivity contribution < 1.29 is 9.18 Å². The SMILES string of the molecule is Cc1c(N)cc(C(=O)NC2(C)CCCC2)cc1F. The molecule has 1 aromatic carbocycles. The first-order chi connectivity index (χ1) is 8.41. The van der Waals surface area contributed by atoms with Gasteiger partial charge >= 0.3 is 0 Å². The maximum Gasteiger partial charge on any atom is 0.251 e. The first kappa shape index (κ1) is 12.9. The summed E-state index contributed by atoms with van der Waals surface area (Å²) in [7, 11) is 0. The lowest BCUT2D eigenvalue weighted by molar-refractivity contribution is 0.0907. The van der Waals surface area contributed by atoms with Gasteiger partial charge in [-0.15, -0.1) is 0 Å². The van der Waals surface area contributed by atoms with Crippen LogP contribution in [0, 0.1) is 12.7 Å². The van der Waals surface area contributed by atoms with E-state index < -0.39 is 5.82 Å². The molecule has 0 aromatic heterocycles. The predicted molar refractivity (Wildman–Crippen MR) is 69.9 cm³/mol. The van der Waals surface area contributed by atoms with Gasteiger partial charge in [0.1, 0.15) is 5.82 Å². The standard InChI is InChI=1S/C14H19FN2O/c1-9-11(15)7-10(8-12(9)16)13(18)17-14(2)5-3-4-6-14/h7-8H,3-6,16H2,1-2H3,(H,17,18). The zero-order chi connectivity index (χ0) is 13.3. The number of carbonyl (C=O) groups is 1. The van der Waals surface area contributed by atoms with Crippen LogP contribution in [0.1, 0.15) is 48.5 Å². The van der Waals surface area contributed by atoms with Gasteiger partial charge in [0.15, 0.2) is 0 Å². The Morgan fingerprint density at radius 1 is 1.39 bits per heavy atom. The lowest BCUT2D eigenvalue weighted by atomic mass is 9.99. The summed E-state index contributed by atoms with van der Waals surface area (Å²) >= 11 is 0. The van der Waals surface area contributed by atoms with Crippen molar-refractivity contribution in [2.24, 2.45) is 0 Å². The molecular formula is C14H19FN2O. The van der Waals surface area contributed by atoms with Crippen LogP contribution in [0.4, 0.5) is 10.1 Å². The maximum atomic E-state index is 13.5. The minimum Gasteiger partial charge on any atom is -0.398 e. The number of nitrogen functional groups attached to an aromatic ring is 1. The van der Waals surface area contributed by atoms with Crippen LogP contribution in [0.3, 0.4) is 0 Å². The van der Waals surface area contributed by atoms with Gasteiger partial charge in [0.05, 0.1) is 0 Å². The fourth-order valence-corrected chi connectivity index (χ4v) is 2.46. The minimum absolute atomic E-state index is 0.160. The molecule has 0 spiro atoms. The molecule has 1 saturated carbocycles. The van der Waals surface area contributed by atoms with E-state index in [0.29, 0.717) is 16.8 Å². The monoisotopic (exact) mass is 250 g/mol. The summed E-state index contributed by atoms with van der Waals surface area (Å²) in [5.41, 5.74) is 6.52. The molecule has 18 heavy (non-hydrogen) atoms. The van der Waals surface area contributed by atoms with E-state index in [9.17, 15) is 9.18 Å². The summed E-state index contributed by atoms with van der Waals surface area (Å²) in [4.78, 5) is 12.1. The number of nitrogens with one attached hydrogen (secondary N) is 1. The first-order valence-electron chi connectivity index (χ1n) is 6.29. The van der Waals surface area contributed by atoms with Crippen LogP contribution >= 0.6 is 0 Å². The molecule has 0 unspecified atom stereocenters. The van der Waals surface area contributed by atoms with Crippen LogP contribution in [0.25, 0.3) is 0 Å². The Kier molecular flexibility index (Phi) is 3.28. The highest BCUT2D eigenvalue weighted by Crippen LogP contribution is 2.29. The second-order valence-electron chi connectivity index (χ2n) is 5.39. The Hall–Kier alpha value is -1.58. The second-order valence-corrected chi connectivity index (χ2v) is 5.39. The summed E-state index contributed by atoms with van der Waals surface area (Å²) < 4.78 is 13.5. The Bertz CT molecular complexity index is 456. The van der Waals surface area contributed by atoms with E-state index in [4.69, 9.17) is 5.73 Å². The summed E-state index contributed by atoms with van der Waals surface area (Å²) in [5.74, 6) is -0.679. The number of nitrogens with two attached hydrogens (primary N) is 1. The van der Waals surface area contributed by atoms with Crippen molar-refractivity contribution in [3.8, 4) is 0 Å². The third kappa shape index (κ3) is 2.47. The molecule has 98 valence electrons. The molecule has 0 atom stereocenters. The minimum atomic E-state index is -0.434. The van der Waals surface area contributed by atoms with Crippen LogP contribution in [-0.4, -0.2) is 11.4 Å². The van der Waals surface area contributed by atoms with Crippen molar-refractivity contribution in [1.82, 2.24) is 5.32 Å². The normalized spacial score (nSPS) is 17.7. The molecule has 0 saturated heterocycles. The number of anilines is 1. The average Bonchev–Trinajstić information content (AvgIpc) is 2.71. The van der Waals surface area contributed by atoms with Crippen LogP contribution in [0.5, 0.6) is 0 Å². The Labute approximate surface area is 107 Å². The molecule has 4 heteroatoms. The van der Waals surface area contributed by atoms with Gasteiger partial charge in [0, 0.05) is 22.4 Å². The van der Waals surface area contributed by atoms with E-state index in [2.05, 4.69) is 5.32 Å². The summed E-state index contributed by atoms with van der Waals surface area (Å²) in [6, 6.07) is 2.78. The van der Waals surface area contributed by atoms with Gasteiger partial charge in [-0.3, -0.25) is 4.79 Å². The lowest BCUT2D eigenvalue weighted by Gasteiger charge is -2.25. The number of carbonyl (C=O) groups excluding carboxylic acids is 1. The van der Waals surface area contributed by atoms with Gasteiger partial charge in [-0.2, -0.15) is 0 Å². The zero-order valence-electron chi connectivity index (χ0n) is 10.8. The van der Waals surface area contributed by atoms with Crippen molar-refractivity contribution >= 4 is 11.6 Å². The highest BCUT2D eigenvalue weighted by Gasteiger charge is 2.30. The Balaban J connectivity index is 2.19. The van der Waals surface area contributed by atoms with Gasteiger partial charge in [-0.25, -0.2) is 4.39 Å². The number of hydrogen-bond acceptors (Lipinski definition) is 2. The zero-order valence-corrected chi connectivity index (χ0v) is 10.8. The third-order valence-electron chi connectivity index (χ3n) is 3.77. The molecular weight excluding hydrogens is 231 g/mol. The molecule has 0 aliphatic heterocycles. The molecule has 1 aromatic rings. The van der Waals surface area contributed by atoms with Crippen molar-refractivity contribution in [3.05, 3.63) is 29.1 Å². The quantitative estimate of drug-likeness (QED) is 0.793. The number of halogens is 1. The van der Waals surface area contributed by atoms with E-state index in [-0.39, 0.29) is 11.4 Å². The van der Waals surface area contributed by atoms with Crippen molar-refractivity contribution in [1.29, 1.82) is 0 Å². The number of benzene rings is 1. The number of rotatable bonds is 2. The Morgan fingerprint density at radius 2 is 2.00 bits per heavy atom. The van der Waals surface area contributed by atoms with Crippen LogP contribution in [-0.2, 0) is 0 Å². The van der Waals surface area contributed by atoms with E-state index >= 15 is 0 Å². The average molecular weight is 250 g/mol. The van der Waals surface area contributed by atoms with Gasteiger partial charge in [-0.05, 0) is 38.8 Å². The molecule has 1 fully saturated rings. The second kappa shape index (κ2) is 4.59. The van der Waals surface area contributed by atoms with E-state index in [1.807, 2.05) is 6.92 Å². The molecule has 0 heterocycles. The van der Waals surface area contributed by atoms with Crippen LogP contribution in [0.2, 0.25) is 0 Å². The molecule has 1 amide bonds. The molecule has 1 aliphatic carbocycles. The summed E-state index contributed by atoms with van der Waals surface area (Å²) in [6.45, 7) is 3.64. The fourth-order valence-electron chi connectivity index (χ4n) is 2.46. The largest absolute Gasteiger partial charge is 0.398 e. The molecule has 2 rings (SSSR count). The third-order valence-corrected chi connectivity index (χ3v) is 3.77. The van der Waals surface area contributed by atoms with Crippen molar-refractivity contribution in [2.45, 2.75) is 45.1 Å². The molecule has 0 radical (unpaired) electrons. The van der Waals surface area contributed by atoms with Gasteiger partial charge in [-0.1, -0.05) is 12.8 Å². The van der Waals surface area contributed by atoms with Crippen molar-refractivity contribution in [2.75, 3.05) is 5.73 Å². The number of amides is 1. The van der Waals surface area contributed by atoms with Crippen LogP contribution < -0.4 is 11.1 Å². The van der Waals surface area contributed by atoms with Crippen molar-refractivity contribution in [3.63, 3.8) is 0 Å². The Morgan fingerprint density at radius 3 is 2.56 bits per heavy atom. The van der Waals surface area contributed by atoms with E-state index in [0.717, 1.165) is 25.7 Å². The summed E-state index contributed by atoms with van der Waals surface area (Å²) in [5, 5.41) is 2.98. The molecule has 3 nitrogen and oxygen atoms in total. The van der Waals surface area contributed by atoms with Gasteiger partial charge < -0.3 is 11.1 Å². The predicted octanol–water partition coefficient (Wildman–Crippen LogP) is 2.78.